The molecule has 9 heteroatoms. The van der Waals surface area contributed by atoms with Crippen molar-refractivity contribution in [2.24, 2.45) is 13.0 Å². The summed E-state index contributed by atoms with van der Waals surface area (Å²) in [5.74, 6) is -0.170. The number of halogens is 1. The number of nitrogens with zero attached hydrogens (tertiary/aromatic N) is 3. The number of amides is 3. The summed E-state index contributed by atoms with van der Waals surface area (Å²) in [5.41, 5.74) is 8.85. The number of rotatable bonds is 4. The largest absolute Gasteiger partial charge is 0.348 e. The van der Waals surface area contributed by atoms with Crippen LogP contribution in [-0.4, -0.2) is 26.3 Å². The molecule has 5 aromatic rings. The van der Waals surface area contributed by atoms with Crippen molar-refractivity contribution in [2.75, 3.05) is 10.6 Å². The van der Waals surface area contributed by atoms with Gasteiger partial charge in [-0.3, -0.25) is 9.48 Å². The van der Waals surface area contributed by atoms with Gasteiger partial charge in [-0.25, -0.2) is 9.18 Å². The van der Waals surface area contributed by atoms with E-state index in [9.17, 15) is 14.0 Å². The van der Waals surface area contributed by atoms with Crippen LogP contribution in [0.4, 0.5) is 20.6 Å². The van der Waals surface area contributed by atoms with Crippen molar-refractivity contribution < 1.29 is 14.0 Å². The van der Waals surface area contributed by atoms with Gasteiger partial charge in [0, 0.05) is 59.4 Å². The number of benzene rings is 3. The molecule has 40 heavy (non-hydrogen) atoms. The van der Waals surface area contributed by atoms with Crippen molar-refractivity contribution in [3.05, 3.63) is 76.9 Å². The first-order valence-electron chi connectivity index (χ1n) is 13.6. The zero-order valence-corrected chi connectivity index (χ0v) is 22.6. The van der Waals surface area contributed by atoms with Crippen molar-refractivity contribution >= 4 is 45.1 Å². The fraction of sp³-hybridized carbons (Fsp3) is 0.258. The third-order valence-corrected chi connectivity index (χ3v) is 7.87. The van der Waals surface area contributed by atoms with E-state index in [0.717, 1.165) is 69.1 Å². The zero-order chi connectivity index (χ0) is 27.7. The predicted octanol–water partition coefficient (Wildman–Crippen LogP) is 5.98. The van der Waals surface area contributed by atoms with Crippen LogP contribution in [-0.2, 0) is 33.0 Å². The predicted molar refractivity (Wildman–Crippen MR) is 154 cm³/mol. The van der Waals surface area contributed by atoms with E-state index in [1.165, 1.54) is 17.7 Å². The van der Waals surface area contributed by atoms with Crippen molar-refractivity contribution in [1.82, 2.24) is 19.7 Å². The van der Waals surface area contributed by atoms with Gasteiger partial charge in [0.15, 0.2) is 0 Å². The smallest absolute Gasteiger partial charge is 0.323 e. The number of carbonyl (C=O) groups is 2. The summed E-state index contributed by atoms with van der Waals surface area (Å²) in [7, 11) is 1.92. The molecule has 1 aliphatic carbocycles. The first-order chi connectivity index (χ1) is 19.3. The molecule has 0 saturated carbocycles. The Bertz CT molecular complexity index is 1880. The van der Waals surface area contributed by atoms with Gasteiger partial charge in [-0.2, -0.15) is 5.10 Å². The molecule has 0 saturated heterocycles. The van der Waals surface area contributed by atoms with Gasteiger partial charge in [0.05, 0.1) is 22.5 Å². The van der Waals surface area contributed by atoms with Crippen LogP contribution in [0.15, 0.2) is 48.7 Å². The summed E-state index contributed by atoms with van der Waals surface area (Å²) in [6.07, 6.45) is 3.63. The number of nitrogens with one attached hydrogen (secondary N) is 3. The third-order valence-electron chi connectivity index (χ3n) is 7.87. The van der Waals surface area contributed by atoms with Crippen LogP contribution in [0.1, 0.15) is 41.0 Å². The minimum Gasteiger partial charge on any atom is -0.348 e. The van der Waals surface area contributed by atoms with E-state index < -0.39 is 11.8 Å². The maximum atomic E-state index is 14.1. The van der Waals surface area contributed by atoms with E-state index in [4.69, 9.17) is 0 Å². The van der Waals surface area contributed by atoms with Crippen LogP contribution in [0.25, 0.3) is 32.9 Å². The van der Waals surface area contributed by atoms with Gasteiger partial charge >= 0.3 is 6.03 Å². The summed E-state index contributed by atoms with van der Waals surface area (Å²) >= 11 is 0. The second kappa shape index (κ2) is 8.94. The van der Waals surface area contributed by atoms with Gasteiger partial charge in [-0.1, -0.05) is 26.0 Å². The molecule has 2 aromatic heterocycles. The van der Waals surface area contributed by atoms with Crippen LogP contribution in [0.5, 0.6) is 0 Å². The monoisotopic (exact) mass is 536 g/mol. The number of urea groups is 1. The van der Waals surface area contributed by atoms with Crippen LogP contribution in [0.3, 0.4) is 0 Å². The quantitative estimate of drug-likeness (QED) is 0.264. The van der Waals surface area contributed by atoms with E-state index in [1.807, 2.05) is 36.1 Å². The molecule has 3 aromatic carbocycles. The molecule has 7 rings (SSSR count). The number of anilines is 2. The number of hydrogen-bond acceptors (Lipinski definition) is 3. The minimum absolute atomic E-state index is 0.0619. The molecule has 2 aliphatic rings. The maximum absolute atomic E-state index is 14.1. The molecule has 0 spiro atoms. The second-order valence-electron chi connectivity index (χ2n) is 11.1. The summed E-state index contributed by atoms with van der Waals surface area (Å²) in [4.78, 5) is 26.1. The van der Waals surface area contributed by atoms with E-state index >= 15 is 0 Å². The van der Waals surface area contributed by atoms with E-state index in [2.05, 4.69) is 39.5 Å². The van der Waals surface area contributed by atoms with Gasteiger partial charge in [0.25, 0.3) is 5.91 Å². The lowest BCUT2D eigenvalue weighted by atomic mass is 9.82. The Kier molecular flexibility index (Phi) is 5.45. The summed E-state index contributed by atoms with van der Waals surface area (Å²) in [5, 5.41) is 15.2. The highest BCUT2D eigenvalue weighted by Crippen LogP contribution is 2.47. The molecule has 0 bridgehead atoms. The zero-order valence-electron chi connectivity index (χ0n) is 22.6. The van der Waals surface area contributed by atoms with Gasteiger partial charge in [-0.05, 0) is 60.2 Å². The molecular formula is C31H29FN6O2. The lowest BCUT2D eigenvalue weighted by Gasteiger charge is -2.22. The van der Waals surface area contributed by atoms with Gasteiger partial charge in [-0.15, -0.1) is 0 Å². The minimum atomic E-state index is -0.529. The molecule has 1 aliphatic heterocycles. The highest BCUT2D eigenvalue weighted by molar-refractivity contribution is 6.20. The van der Waals surface area contributed by atoms with Crippen molar-refractivity contribution in [2.45, 2.75) is 39.8 Å². The van der Waals surface area contributed by atoms with Crippen molar-refractivity contribution in [1.29, 1.82) is 0 Å². The lowest BCUT2D eigenvalue weighted by molar-refractivity contribution is 0.0966. The highest BCUT2D eigenvalue weighted by Gasteiger charge is 2.35. The Morgan fingerprint density at radius 3 is 2.73 bits per heavy atom. The molecule has 3 N–H and O–H groups in total. The van der Waals surface area contributed by atoms with Crippen molar-refractivity contribution in [3.63, 3.8) is 0 Å². The molecule has 202 valence electrons. The molecule has 0 unspecified atom stereocenters. The Morgan fingerprint density at radius 2 is 1.93 bits per heavy atom. The average molecular weight is 537 g/mol. The molecule has 0 atom stereocenters. The second-order valence-corrected chi connectivity index (χ2v) is 11.1. The molecular weight excluding hydrogens is 507 g/mol. The lowest BCUT2D eigenvalue weighted by Crippen LogP contribution is -2.20. The fourth-order valence-corrected chi connectivity index (χ4v) is 6.40. The van der Waals surface area contributed by atoms with Gasteiger partial charge in [0.1, 0.15) is 5.82 Å². The number of hydrogen-bond donors (Lipinski definition) is 3. The molecule has 3 amide bonds. The first kappa shape index (κ1) is 24.4. The molecule has 0 fully saturated rings. The van der Waals surface area contributed by atoms with Gasteiger partial charge in [0.2, 0.25) is 0 Å². The third kappa shape index (κ3) is 3.68. The Morgan fingerprint density at radius 1 is 1.10 bits per heavy atom. The fourth-order valence-electron chi connectivity index (χ4n) is 6.40. The van der Waals surface area contributed by atoms with Crippen LogP contribution >= 0.6 is 0 Å². The molecule has 8 nitrogen and oxygen atoms in total. The topological polar surface area (TPSA) is 93.0 Å². The SMILES string of the molecule is CC(C)Cn1c2ccc(NC(=O)Nc3ccccc3F)cc2c2c3c(c4c(c21)CCc1nn(C)cc1-4)C(=O)NC3. The van der Waals surface area contributed by atoms with E-state index in [1.54, 1.807) is 12.1 Å². The first-order valence-corrected chi connectivity index (χ1v) is 13.6. The van der Waals surface area contributed by atoms with Gasteiger partial charge < -0.3 is 20.5 Å². The normalized spacial score (nSPS) is 13.9. The number of aromatic nitrogens is 3. The number of aryl methyl sites for hydroxylation is 3. The number of para-hydroxylation sites is 1. The molecule has 3 heterocycles. The molecule has 0 radical (unpaired) electrons. The van der Waals surface area contributed by atoms with E-state index in [0.29, 0.717) is 18.2 Å². The Labute approximate surface area is 230 Å². The van der Waals surface area contributed by atoms with Crippen LogP contribution in [0, 0.1) is 11.7 Å². The number of carbonyl (C=O) groups excluding carboxylic acids is 2. The summed E-state index contributed by atoms with van der Waals surface area (Å²) in [6.45, 7) is 5.66. The van der Waals surface area contributed by atoms with Crippen LogP contribution in [0.2, 0.25) is 0 Å². The number of fused-ring (bicyclic) bond motifs is 10. The average Bonchev–Trinajstić information content (AvgIpc) is 3.58. The van der Waals surface area contributed by atoms with Crippen molar-refractivity contribution in [3.8, 4) is 11.1 Å². The Balaban J connectivity index is 1.44. The Hall–Kier alpha value is -4.66. The summed E-state index contributed by atoms with van der Waals surface area (Å²) in [6, 6.07) is 11.4. The maximum Gasteiger partial charge on any atom is 0.323 e. The highest BCUT2D eigenvalue weighted by atomic mass is 19.1. The standard InChI is InChI=1S/C31H29FN6O2/c1-16(2)14-38-25-11-8-17(34-31(40)35-24-7-5-4-6-22(24)32)12-19(25)27-20-13-33-30(39)28(20)26-18(29(27)38)9-10-23-21(26)15-37(3)36-23/h4-8,11-12,15-16H,9-10,13-14H2,1-3H3,(H,33,39)(H2,34,35,40). The van der Waals surface area contributed by atoms with E-state index in [-0.39, 0.29) is 11.6 Å². The summed E-state index contributed by atoms with van der Waals surface area (Å²) < 4.78 is 18.3. The van der Waals surface area contributed by atoms with Crippen LogP contribution < -0.4 is 16.0 Å².